The quantitative estimate of drug-likeness (QED) is 0.784. The van der Waals surface area contributed by atoms with Crippen molar-refractivity contribution in [2.75, 3.05) is 19.6 Å². The molecule has 2 nitrogen and oxygen atoms in total. The average molecular weight is 298 g/mol. The molecule has 22 heavy (non-hydrogen) atoms. The van der Waals surface area contributed by atoms with Crippen molar-refractivity contribution in [3.63, 3.8) is 0 Å². The Bertz CT molecular complexity index is 530. The van der Waals surface area contributed by atoms with Gasteiger partial charge in [0.1, 0.15) is 7.28 Å². The average Bonchev–Trinajstić information content (AvgIpc) is 3.26. The van der Waals surface area contributed by atoms with Gasteiger partial charge in [0.2, 0.25) is 0 Å². The molecule has 2 aliphatic rings. The Morgan fingerprint density at radius 3 is 2.41 bits per heavy atom. The fourth-order valence-electron chi connectivity index (χ4n) is 3.98. The van der Waals surface area contributed by atoms with E-state index in [4.69, 9.17) is 5.73 Å². The Morgan fingerprint density at radius 1 is 1.18 bits per heavy atom. The second kappa shape index (κ2) is 6.37. The molecule has 1 aliphatic carbocycles. The lowest BCUT2D eigenvalue weighted by Crippen LogP contribution is -2.56. The molecule has 3 heteroatoms. The molecule has 1 saturated carbocycles. The fraction of sp³-hybridized carbons (Fsp3) is 0.684. The summed E-state index contributed by atoms with van der Waals surface area (Å²) in [7, 11) is 1.28. The van der Waals surface area contributed by atoms with Gasteiger partial charge in [-0.2, -0.15) is 0 Å². The number of hydrogen-bond donors (Lipinski definition) is 1. The highest BCUT2D eigenvalue weighted by molar-refractivity contribution is 6.33. The van der Waals surface area contributed by atoms with E-state index in [0.717, 1.165) is 12.5 Å². The molecule has 3 rings (SSSR count). The standard InChI is InChI=1S/C19H31BN2/c1-14-15(2)18(5-4-17(14)6-9-20-3)10-16-11-22(12-16)19(13-21)7-8-19/h4-5,16,20H,6-13,21H2,1-3H3. The van der Waals surface area contributed by atoms with Crippen molar-refractivity contribution in [3.8, 4) is 0 Å². The number of likely N-dealkylation sites (tertiary alicyclic amines) is 1. The number of rotatable bonds is 7. The summed E-state index contributed by atoms with van der Waals surface area (Å²) in [6.45, 7) is 10.3. The van der Waals surface area contributed by atoms with Crippen molar-refractivity contribution in [3.05, 3.63) is 34.4 Å². The van der Waals surface area contributed by atoms with Crippen molar-refractivity contribution >= 4 is 7.28 Å². The van der Waals surface area contributed by atoms with E-state index in [2.05, 4.69) is 37.7 Å². The normalized spacial score (nSPS) is 20.7. The maximum absolute atomic E-state index is 5.94. The van der Waals surface area contributed by atoms with Crippen molar-refractivity contribution in [2.45, 2.75) is 58.2 Å². The minimum absolute atomic E-state index is 0.408. The van der Waals surface area contributed by atoms with Crippen LogP contribution >= 0.6 is 0 Å². The highest BCUT2D eigenvalue weighted by Gasteiger charge is 2.50. The molecule has 0 bridgehead atoms. The minimum atomic E-state index is 0.408. The lowest BCUT2D eigenvalue weighted by Gasteiger charge is -2.45. The van der Waals surface area contributed by atoms with Crippen molar-refractivity contribution < 1.29 is 0 Å². The second-order valence-electron chi connectivity index (χ2n) is 7.64. The highest BCUT2D eigenvalue weighted by Crippen LogP contribution is 2.44. The van der Waals surface area contributed by atoms with Gasteiger partial charge in [0.05, 0.1) is 0 Å². The zero-order valence-electron chi connectivity index (χ0n) is 14.6. The second-order valence-corrected chi connectivity index (χ2v) is 7.64. The van der Waals surface area contributed by atoms with Crippen LogP contribution in [0, 0.1) is 19.8 Å². The molecule has 1 aliphatic heterocycles. The van der Waals surface area contributed by atoms with E-state index in [1.54, 1.807) is 11.1 Å². The number of benzene rings is 1. The topological polar surface area (TPSA) is 29.3 Å². The van der Waals surface area contributed by atoms with Crippen LogP contribution in [0.15, 0.2) is 12.1 Å². The van der Waals surface area contributed by atoms with Crippen LogP contribution < -0.4 is 5.73 Å². The van der Waals surface area contributed by atoms with E-state index in [9.17, 15) is 0 Å². The molecule has 1 aromatic carbocycles. The van der Waals surface area contributed by atoms with Gasteiger partial charge in [-0.15, -0.1) is 0 Å². The van der Waals surface area contributed by atoms with Crippen LogP contribution in [0.5, 0.6) is 0 Å². The Balaban J connectivity index is 1.58. The first-order valence-electron chi connectivity index (χ1n) is 9.12. The molecule has 2 N–H and O–H groups in total. The summed E-state index contributed by atoms with van der Waals surface area (Å²) in [6.07, 6.45) is 6.43. The number of nitrogens with two attached hydrogens (primary N) is 1. The van der Waals surface area contributed by atoms with Gasteiger partial charge in [0.15, 0.2) is 0 Å². The first-order valence-corrected chi connectivity index (χ1v) is 9.12. The molecule has 0 unspecified atom stereocenters. The van der Waals surface area contributed by atoms with E-state index in [1.165, 1.54) is 63.5 Å². The summed E-state index contributed by atoms with van der Waals surface area (Å²) in [5, 5.41) is 0. The third kappa shape index (κ3) is 2.98. The molecule has 0 aromatic heterocycles. The van der Waals surface area contributed by atoms with Gasteiger partial charge >= 0.3 is 0 Å². The Labute approximate surface area is 136 Å². The van der Waals surface area contributed by atoms with Crippen LogP contribution in [-0.2, 0) is 12.8 Å². The van der Waals surface area contributed by atoms with Gasteiger partial charge in [-0.1, -0.05) is 25.3 Å². The molecule has 1 aromatic rings. The van der Waals surface area contributed by atoms with Crippen LogP contribution in [0.25, 0.3) is 0 Å². The third-order valence-electron chi connectivity index (χ3n) is 6.15. The van der Waals surface area contributed by atoms with Gasteiger partial charge in [-0.05, 0) is 67.7 Å². The number of hydrogen-bond acceptors (Lipinski definition) is 2. The van der Waals surface area contributed by atoms with Crippen molar-refractivity contribution in [1.82, 2.24) is 4.90 Å². The lowest BCUT2D eigenvalue weighted by molar-refractivity contribution is 0.0429. The third-order valence-corrected chi connectivity index (χ3v) is 6.15. The number of nitrogens with zero attached hydrogens (tertiary/aromatic N) is 1. The Morgan fingerprint density at radius 2 is 1.82 bits per heavy atom. The van der Waals surface area contributed by atoms with Crippen LogP contribution in [0.3, 0.4) is 0 Å². The summed E-state index contributed by atoms with van der Waals surface area (Å²) in [5.74, 6) is 0.837. The molecular weight excluding hydrogens is 267 g/mol. The first-order chi connectivity index (χ1) is 10.6. The smallest absolute Gasteiger partial charge is 0.117 e. The van der Waals surface area contributed by atoms with Crippen molar-refractivity contribution in [1.29, 1.82) is 0 Å². The van der Waals surface area contributed by atoms with E-state index < -0.39 is 0 Å². The maximum atomic E-state index is 5.94. The van der Waals surface area contributed by atoms with E-state index in [0.29, 0.717) is 5.54 Å². The van der Waals surface area contributed by atoms with E-state index >= 15 is 0 Å². The van der Waals surface area contributed by atoms with Gasteiger partial charge in [-0.3, -0.25) is 4.90 Å². The predicted octanol–water partition coefficient (Wildman–Crippen LogP) is 2.71. The maximum Gasteiger partial charge on any atom is 0.117 e. The van der Waals surface area contributed by atoms with Crippen LogP contribution in [-0.4, -0.2) is 37.4 Å². The molecule has 0 radical (unpaired) electrons. The highest BCUT2D eigenvalue weighted by atomic mass is 15.3. The minimum Gasteiger partial charge on any atom is -0.329 e. The van der Waals surface area contributed by atoms with Crippen LogP contribution in [0.4, 0.5) is 0 Å². The lowest BCUT2D eigenvalue weighted by atomic mass is 9.75. The van der Waals surface area contributed by atoms with Gasteiger partial charge < -0.3 is 5.73 Å². The summed E-state index contributed by atoms with van der Waals surface area (Å²) in [5.41, 5.74) is 12.5. The van der Waals surface area contributed by atoms with Crippen molar-refractivity contribution in [2.24, 2.45) is 11.7 Å². The molecule has 120 valence electrons. The summed E-state index contributed by atoms with van der Waals surface area (Å²) in [6, 6.07) is 4.78. The molecule has 1 saturated heterocycles. The van der Waals surface area contributed by atoms with Crippen LogP contribution in [0.2, 0.25) is 13.1 Å². The zero-order chi connectivity index (χ0) is 15.7. The molecule has 1 heterocycles. The van der Waals surface area contributed by atoms with Gasteiger partial charge in [-0.25, -0.2) is 0 Å². The summed E-state index contributed by atoms with van der Waals surface area (Å²) < 4.78 is 0. The molecular formula is C19H31BN2. The largest absolute Gasteiger partial charge is 0.329 e. The predicted molar refractivity (Wildman–Crippen MR) is 97.2 cm³/mol. The van der Waals surface area contributed by atoms with E-state index in [1.807, 2.05) is 0 Å². The first kappa shape index (κ1) is 16.1. The molecule has 2 fully saturated rings. The summed E-state index contributed by atoms with van der Waals surface area (Å²) in [4.78, 5) is 2.63. The van der Waals surface area contributed by atoms with Crippen LogP contribution in [0.1, 0.15) is 35.1 Å². The summed E-state index contributed by atoms with van der Waals surface area (Å²) >= 11 is 0. The Hall–Kier alpha value is -0.795. The SMILES string of the molecule is CBCCc1ccc(CC2CN(C3(CN)CC3)C2)c(C)c1C. The monoisotopic (exact) mass is 298 g/mol. The van der Waals surface area contributed by atoms with Gasteiger partial charge in [0, 0.05) is 25.2 Å². The molecule has 0 spiro atoms. The molecule has 0 atom stereocenters. The Kier molecular flexibility index (Phi) is 4.65. The number of aryl methyl sites for hydroxylation is 1. The zero-order valence-corrected chi connectivity index (χ0v) is 14.6. The molecule has 0 amide bonds. The fourth-order valence-corrected chi connectivity index (χ4v) is 3.98. The van der Waals surface area contributed by atoms with E-state index in [-0.39, 0.29) is 0 Å². The van der Waals surface area contributed by atoms with Gasteiger partial charge in [0.25, 0.3) is 0 Å².